The van der Waals surface area contributed by atoms with Crippen LogP contribution in [0.2, 0.25) is 5.02 Å². The van der Waals surface area contributed by atoms with E-state index in [4.69, 9.17) is 22.1 Å². The average Bonchev–Trinajstić information content (AvgIpc) is 2.40. The van der Waals surface area contributed by atoms with Crippen LogP contribution >= 0.6 is 11.6 Å². The third kappa shape index (κ3) is 3.80. The number of pyridine rings is 1. The maximum atomic E-state index is 12.1. The van der Waals surface area contributed by atoms with Crippen LogP contribution < -0.4 is 10.5 Å². The first-order chi connectivity index (χ1) is 9.38. The number of nitrogen functional groups attached to an aromatic ring is 1. The number of hydrogen-bond acceptors (Lipinski definition) is 6. The van der Waals surface area contributed by atoms with E-state index in [0.29, 0.717) is 13.2 Å². The molecule has 0 bridgehead atoms. The van der Waals surface area contributed by atoms with Crippen molar-refractivity contribution in [3.63, 3.8) is 0 Å². The Morgan fingerprint density at radius 3 is 3.05 bits per heavy atom. The lowest BCUT2D eigenvalue weighted by molar-refractivity contribution is -0.0156. The van der Waals surface area contributed by atoms with E-state index < -0.39 is 10.0 Å². The molecule has 112 valence electrons. The molecule has 7 nitrogen and oxygen atoms in total. The zero-order valence-electron chi connectivity index (χ0n) is 11.0. The summed E-state index contributed by atoms with van der Waals surface area (Å²) in [6.45, 7) is 2.33. The predicted molar refractivity (Wildman–Crippen MR) is 76.1 cm³/mol. The first kappa shape index (κ1) is 15.5. The van der Waals surface area contributed by atoms with E-state index in [1.165, 1.54) is 12.3 Å². The zero-order chi connectivity index (χ0) is 14.8. The van der Waals surface area contributed by atoms with Gasteiger partial charge >= 0.3 is 0 Å². The molecule has 2 rings (SSSR count). The number of nitrogens with zero attached hydrogens (tertiary/aromatic N) is 2. The highest BCUT2D eigenvalue weighted by Crippen LogP contribution is 2.19. The number of sulfonamides is 1. The van der Waals surface area contributed by atoms with Crippen molar-refractivity contribution < 1.29 is 13.2 Å². The van der Waals surface area contributed by atoms with Crippen molar-refractivity contribution in [1.29, 1.82) is 0 Å². The summed E-state index contributed by atoms with van der Waals surface area (Å²) in [6, 6.07) is 1.28. The normalized spacial score (nSPS) is 21.0. The van der Waals surface area contributed by atoms with Crippen LogP contribution in [0.4, 0.5) is 5.82 Å². The molecule has 0 spiro atoms. The van der Waals surface area contributed by atoms with Crippen LogP contribution in [0.3, 0.4) is 0 Å². The van der Waals surface area contributed by atoms with Gasteiger partial charge in [0.1, 0.15) is 10.7 Å². The second-order valence-corrected chi connectivity index (χ2v) is 6.82. The Bertz CT molecular complexity index is 581. The third-order valence-electron chi connectivity index (χ3n) is 3.00. The molecule has 0 amide bonds. The standard InChI is InChI=1S/C11H17ClN4O3S/c1-16-2-3-19-8(7-16)5-15-20(17,18)9-4-10(12)11(13)14-6-9/h4,6,8,15H,2-3,5,7H2,1H3,(H2,13,14). The molecule has 2 heterocycles. The van der Waals surface area contributed by atoms with Crippen LogP contribution in [0.5, 0.6) is 0 Å². The molecule has 1 fully saturated rings. The van der Waals surface area contributed by atoms with E-state index in [0.717, 1.165) is 6.54 Å². The molecule has 1 unspecified atom stereocenters. The summed E-state index contributed by atoms with van der Waals surface area (Å²) >= 11 is 5.78. The first-order valence-electron chi connectivity index (χ1n) is 6.09. The minimum absolute atomic E-state index is 0.0131. The smallest absolute Gasteiger partial charge is 0.242 e. The van der Waals surface area contributed by atoms with Gasteiger partial charge in [0, 0.05) is 25.8 Å². The largest absolute Gasteiger partial charge is 0.382 e. The van der Waals surface area contributed by atoms with Gasteiger partial charge in [-0.25, -0.2) is 18.1 Å². The van der Waals surface area contributed by atoms with Crippen LogP contribution in [0, 0.1) is 0 Å². The van der Waals surface area contributed by atoms with Gasteiger partial charge in [-0.05, 0) is 13.1 Å². The molecule has 20 heavy (non-hydrogen) atoms. The number of nitrogens with two attached hydrogens (primary N) is 1. The van der Waals surface area contributed by atoms with Crippen LogP contribution in [-0.2, 0) is 14.8 Å². The number of hydrogen-bond donors (Lipinski definition) is 2. The van der Waals surface area contributed by atoms with Gasteiger partial charge in [-0.2, -0.15) is 0 Å². The minimum Gasteiger partial charge on any atom is -0.382 e. The van der Waals surface area contributed by atoms with Crippen molar-refractivity contribution in [2.24, 2.45) is 0 Å². The first-order valence-corrected chi connectivity index (χ1v) is 7.95. The molecule has 3 N–H and O–H groups in total. The number of rotatable bonds is 4. The Morgan fingerprint density at radius 2 is 2.40 bits per heavy atom. The van der Waals surface area contributed by atoms with E-state index >= 15 is 0 Å². The highest BCUT2D eigenvalue weighted by atomic mass is 35.5. The van der Waals surface area contributed by atoms with Crippen molar-refractivity contribution >= 4 is 27.4 Å². The van der Waals surface area contributed by atoms with Crippen LogP contribution in [-0.4, -0.2) is 57.7 Å². The molecule has 9 heteroatoms. The molecule has 1 aliphatic heterocycles. The maximum absolute atomic E-state index is 12.1. The van der Waals surface area contributed by atoms with E-state index in [1.807, 2.05) is 7.05 Å². The summed E-state index contributed by atoms with van der Waals surface area (Å²) < 4.78 is 32.2. The van der Waals surface area contributed by atoms with Crippen molar-refractivity contribution in [2.75, 3.05) is 39.0 Å². The van der Waals surface area contributed by atoms with Gasteiger partial charge in [0.2, 0.25) is 10.0 Å². The Kier molecular flexibility index (Phi) is 4.82. The predicted octanol–water partition coefficient (Wildman–Crippen LogP) is -0.0739. The van der Waals surface area contributed by atoms with E-state index in [-0.39, 0.29) is 28.4 Å². The van der Waals surface area contributed by atoms with E-state index in [1.54, 1.807) is 0 Å². The van der Waals surface area contributed by atoms with Gasteiger partial charge in [-0.1, -0.05) is 11.6 Å². The second-order valence-electron chi connectivity index (χ2n) is 4.65. The lowest BCUT2D eigenvalue weighted by Crippen LogP contribution is -2.45. The summed E-state index contributed by atoms with van der Waals surface area (Å²) in [5.74, 6) is 0.0999. The van der Waals surface area contributed by atoms with Crippen molar-refractivity contribution in [3.8, 4) is 0 Å². The SMILES string of the molecule is CN1CCOC(CNS(=O)(=O)c2cnc(N)c(Cl)c2)C1. The highest BCUT2D eigenvalue weighted by molar-refractivity contribution is 7.89. The number of morpholine rings is 1. The zero-order valence-corrected chi connectivity index (χ0v) is 12.6. The van der Waals surface area contributed by atoms with Gasteiger partial charge in [0.15, 0.2) is 0 Å². The summed E-state index contributed by atoms with van der Waals surface area (Å²) in [5.41, 5.74) is 5.45. The van der Waals surface area contributed by atoms with Crippen molar-refractivity contribution in [3.05, 3.63) is 17.3 Å². The Hall–Kier alpha value is -0.930. The van der Waals surface area contributed by atoms with Gasteiger partial charge in [0.25, 0.3) is 0 Å². The molecule has 0 aromatic carbocycles. The number of aromatic nitrogens is 1. The summed E-state index contributed by atoms with van der Waals surface area (Å²) in [4.78, 5) is 5.81. The molecule has 1 aliphatic rings. The molecule has 0 aliphatic carbocycles. The molecule has 1 atom stereocenters. The van der Waals surface area contributed by atoms with Crippen molar-refractivity contribution in [2.45, 2.75) is 11.0 Å². The highest BCUT2D eigenvalue weighted by Gasteiger charge is 2.22. The van der Waals surface area contributed by atoms with Crippen molar-refractivity contribution in [1.82, 2.24) is 14.6 Å². The number of likely N-dealkylation sites (N-methyl/N-ethyl adjacent to an activating group) is 1. The van der Waals surface area contributed by atoms with Gasteiger partial charge in [-0.15, -0.1) is 0 Å². The van der Waals surface area contributed by atoms with Crippen LogP contribution in [0.1, 0.15) is 0 Å². The number of halogens is 1. The van der Waals surface area contributed by atoms with Crippen LogP contribution in [0.25, 0.3) is 0 Å². The maximum Gasteiger partial charge on any atom is 0.242 e. The third-order valence-corrected chi connectivity index (χ3v) is 4.69. The Balaban J connectivity index is 2.01. The lowest BCUT2D eigenvalue weighted by Gasteiger charge is -2.30. The fourth-order valence-corrected chi connectivity index (χ4v) is 3.12. The van der Waals surface area contributed by atoms with E-state index in [2.05, 4.69) is 14.6 Å². The minimum atomic E-state index is -3.67. The molecule has 1 saturated heterocycles. The lowest BCUT2D eigenvalue weighted by atomic mass is 10.3. The second kappa shape index (κ2) is 6.23. The number of nitrogens with one attached hydrogen (secondary N) is 1. The molecule has 1 aromatic rings. The molecular formula is C11H17ClN4O3S. The fourth-order valence-electron chi connectivity index (χ4n) is 1.85. The number of ether oxygens (including phenoxy) is 1. The topological polar surface area (TPSA) is 97.5 Å². The van der Waals surface area contributed by atoms with Crippen LogP contribution in [0.15, 0.2) is 17.2 Å². The molecular weight excluding hydrogens is 304 g/mol. The summed E-state index contributed by atoms with van der Waals surface area (Å²) in [7, 11) is -1.70. The van der Waals surface area contributed by atoms with E-state index in [9.17, 15) is 8.42 Å². The number of anilines is 1. The Labute approximate surface area is 123 Å². The molecule has 0 saturated carbocycles. The van der Waals surface area contributed by atoms with Gasteiger partial charge in [0.05, 0.1) is 17.7 Å². The van der Waals surface area contributed by atoms with Gasteiger partial charge in [-0.3, -0.25) is 0 Å². The quantitative estimate of drug-likeness (QED) is 0.805. The average molecular weight is 321 g/mol. The molecule has 0 radical (unpaired) electrons. The fraction of sp³-hybridized carbons (Fsp3) is 0.545. The summed E-state index contributed by atoms with van der Waals surface area (Å²) in [5, 5.41) is 0.113. The van der Waals surface area contributed by atoms with Gasteiger partial charge < -0.3 is 15.4 Å². The monoisotopic (exact) mass is 320 g/mol. The summed E-state index contributed by atoms with van der Waals surface area (Å²) in [6.07, 6.45) is 1.01. The molecule has 1 aromatic heterocycles. The Morgan fingerprint density at radius 1 is 1.65 bits per heavy atom.